The monoisotopic (exact) mass is 383 g/mol. The maximum absolute atomic E-state index is 12.4. The Balaban J connectivity index is 1.72. The number of hydrogen-bond acceptors (Lipinski definition) is 6. The number of carbonyl (C=O) groups is 2. The first-order valence-corrected chi connectivity index (χ1v) is 8.78. The topological polar surface area (TPSA) is 102 Å². The molecule has 1 amide bonds. The average molecular weight is 383 g/mol. The van der Waals surface area contributed by atoms with E-state index in [-0.39, 0.29) is 35.8 Å². The van der Waals surface area contributed by atoms with Crippen LogP contribution in [0.1, 0.15) is 26.3 Å². The van der Waals surface area contributed by atoms with Crippen molar-refractivity contribution in [2.24, 2.45) is 0 Å². The highest BCUT2D eigenvalue weighted by atomic mass is 16.6. The molecule has 2 aromatic rings. The molecule has 0 fully saturated rings. The number of fused-ring (bicyclic) bond motifs is 1. The Morgan fingerprint density at radius 1 is 1.21 bits per heavy atom. The number of ether oxygens (including phenoxy) is 1. The van der Waals surface area contributed by atoms with Crippen molar-refractivity contribution >= 4 is 28.9 Å². The molecule has 8 nitrogen and oxygen atoms in total. The molecule has 0 atom stereocenters. The van der Waals surface area contributed by atoms with Crippen LogP contribution in [-0.4, -0.2) is 29.9 Å². The molecule has 1 heterocycles. The van der Waals surface area contributed by atoms with Crippen LogP contribution in [0, 0.1) is 10.1 Å². The number of non-ortho nitro benzene ring substituents is 1. The number of nitro groups is 1. The van der Waals surface area contributed by atoms with E-state index in [1.165, 1.54) is 23.1 Å². The Labute approximate surface area is 162 Å². The van der Waals surface area contributed by atoms with Gasteiger partial charge in [-0.3, -0.25) is 14.9 Å². The van der Waals surface area contributed by atoms with Crippen molar-refractivity contribution < 1.29 is 19.2 Å². The second kappa shape index (κ2) is 7.30. The summed E-state index contributed by atoms with van der Waals surface area (Å²) < 4.78 is 5.08. The number of nitrogens with one attached hydrogen (secondary N) is 1. The summed E-state index contributed by atoms with van der Waals surface area (Å²) in [5.74, 6) is -0.800. The van der Waals surface area contributed by atoms with Crippen molar-refractivity contribution in [3.8, 4) is 5.75 Å². The number of rotatable bonds is 4. The van der Waals surface area contributed by atoms with Crippen LogP contribution in [0.2, 0.25) is 0 Å². The second-order valence-electron chi connectivity index (χ2n) is 7.61. The highest BCUT2D eigenvalue weighted by molar-refractivity contribution is 5.96. The van der Waals surface area contributed by atoms with Crippen LogP contribution >= 0.6 is 0 Å². The van der Waals surface area contributed by atoms with Crippen LogP contribution in [0.3, 0.4) is 0 Å². The highest BCUT2D eigenvalue weighted by Crippen LogP contribution is 2.35. The maximum Gasteiger partial charge on any atom is 0.331 e. The number of hydrogen-bond donors (Lipinski definition) is 1. The summed E-state index contributed by atoms with van der Waals surface area (Å²) in [5.41, 5.74) is 2.10. The fourth-order valence-electron chi connectivity index (χ4n) is 2.92. The molecule has 8 heteroatoms. The normalized spacial score (nSPS) is 13.5. The van der Waals surface area contributed by atoms with Gasteiger partial charge in [0.1, 0.15) is 6.54 Å². The molecule has 1 aliphatic heterocycles. The van der Waals surface area contributed by atoms with Gasteiger partial charge < -0.3 is 15.0 Å². The number of carbonyl (C=O) groups excluding carboxylic acids is 2. The van der Waals surface area contributed by atoms with Gasteiger partial charge in [0.2, 0.25) is 5.91 Å². The number of nitro benzene ring substituents is 1. The molecule has 146 valence electrons. The SMILES string of the molecule is CC(C)(C)c1ccc(NC(=O)CN2CC(=O)Oc3cc([N+](=O)[O-])ccc32)cc1. The van der Waals surface area contributed by atoms with Crippen LogP contribution in [0.25, 0.3) is 0 Å². The third-order valence-corrected chi connectivity index (χ3v) is 4.41. The molecule has 0 aliphatic carbocycles. The summed E-state index contributed by atoms with van der Waals surface area (Å²) in [4.78, 5) is 36.1. The van der Waals surface area contributed by atoms with Crippen molar-refractivity contribution in [2.45, 2.75) is 26.2 Å². The third-order valence-electron chi connectivity index (χ3n) is 4.41. The predicted molar refractivity (Wildman–Crippen MR) is 105 cm³/mol. The molecule has 0 bridgehead atoms. The summed E-state index contributed by atoms with van der Waals surface area (Å²) >= 11 is 0. The van der Waals surface area contributed by atoms with Gasteiger partial charge in [0.25, 0.3) is 5.69 Å². The Hall–Kier alpha value is -3.42. The Bertz CT molecular complexity index is 932. The molecule has 2 aromatic carbocycles. The van der Waals surface area contributed by atoms with Gasteiger partial charge in [-0.05, 0) is 29.2 Å². The summed E-state index contributed by atoms with van der Waals surface area (Å²) in [6, 6.07) is 11.6. The molecule has 1 N–H and O–H groups in total. The molecule has 0 unspecified atom stereocenters. The van der Waals surface area contributed by atoms with Gasteiger partial charge in [-0.2, -0.15) is 0 Å². The van der Waals surface area contributed by atoms with E-state index >= 15 is 0 Å². The zero-order chi connectivity index (χ0) is 20.5. The van der Waals surface area contributed by atoms with Crippen LogP contribution in [0.5, 0.6) is 5.75 Å². The summed E-state index contributed by atoms with van der Waals surface area (Å²) in [6.45, 7) is 6.13. The molecule has 0 saturated carbocycles. The first-order chi connectivity index (χ1) is 13.1. The average Bonchev–Trinajstić information content (AvgIpc) is 2.60. The van der Waals surface area contributed by atoms with Crippen molar-refractivity contribution in [1.29, 1.82) is 0 Å². The first-order valence-electron chi connectivity index (χ1n) is 8.78. The Morgan fingerprint density at radius 2 is 1.89 bits per heavy atom. The minimum Gasteiger partial charge on any atom is -0.423 e. The van der Waals surface area contributed by atoms with E-state index in [1.807, 2.05) is 24.3 Å². The molecule has 0 radical (unpaired) electrons. The number of benzene rings is 2. The molecule has 0 spiro atoms. The minimum absolute atomic E-state index is 0.0169. The Morgan fingerprint density at radius 3 is 2.50 bits per heavy atom. The largest absolute Gasteiger partial charge is 0.423 e. The lowest BCUT2D eigenvalue weighted by molar-refractivity contribution is -0.384. The smallest absolute Gasteiger partial charge is 0.331 e. The van der Waals surface area contributed by atoms with E-state index in [0.717, 1.165) is 5.56 Å². The molecule has 0 aromatic heterocycles. The van der Waals surface area contributed by atoms with Crippen LogP contribution in [-0.2, 0) is 15.0 Å². The van der Waals surface area contributed by atoms with Gasteiger partial charge in [0.15, 0.2) is 5.75 Å². The van der Waals surface area contributed by atoms with Crippen LogP contribution < -0.4 is 15.0 Å². The van der Waals surface area contributed by atoms with E-state index in [1.54, 1.807) is 0 Å². The highest BCUT2D eigenvalue weighted by Gasteiger charge is 2.27. The van der Waals surface area contributed by atoms with E-state index in [0.29, 0.717) is 11.4 Å². The summed E-state index contributed by atoms with van der Waals surface area (Å²) in [6.07, 6.45) is 0. The van der Waals surface area contributed by atoms with E-state index in [9.17, 15) is 19.7 Å². The van der Waals surface area contributed by atoms with Gasteiger partial charge in [-0.25, -0.2) is 4.79 Å². The first kappa shape index (κ1) is 19.3. The zero-order valence-corrected chi connectivity index (χ0v) is 15.9. The maximum atomic E-state index is 12.4. The van der Waals surface area contributed by atoms with Crippen molar-refractivity contribution in [3.63, 3.8) is 0 Å². The molecule has 0 saturated heterocycles. The fraction of sp³-hybridized carbons (Fsp3) is 0.300. The van der Waals surface area contributed by atoms with E-state index in [2.05, 4.69) is 26.1 Å². The lowest BCUT2D eigenvalue weighted by Crippen LogP contribution is -2.41. The Kier molecular flexibility index (Phi) is 5.04. The summed E-state index contributed by atoms with van der Waals surface area (Å²) in [7, 11) is 0. The van der Waals surface area contributed by atoms with Gasteiger partial charge >= 0.3 is 5.97 Å². The van der Waals surface area contributed by atoms with E-state index in [4.69, 9.17) is 4.74 Å². The molecule has 1 aliphatic rings. The fourth-order valence-corrected chi connectivity index (χ4v) is 2.92. The number of anilines is 2. The van der Waals surface area contributed by atoms with Crippen LogP contribution in [0.4, 0.5) is 17.1 Å². The lowest BCUT2D eigenvalue weighted by atomic mass is 9.87. The lowest BCUT2D eigenvalue weighted by Gasteiger charge is -2.29. The number of amides is 1. The molecule has 3 rings (SSSR count). The van der Waals surface area contributed by atoms with Gasteiger partial charge in [-0.1, -0.05) is 32.9 Å². The van der Waals surface area contributed by atoms with Crippen LogP contribution in [0.15, 0.2) is 42.5 Å². The molecule has 28 heavy (non-hydrogen) atoms. The zero-order valence-electron chi connectivity index (χ0n) is 15.9. The predicted octanol–water partition coefficient (Wildman–Crippen LogP) is 3.26. The number of esters is 1. The van der Waals surface area contributed by atoms with Gasteiger partial charge in [-0.15, -0.1) is 0 Å². The van der Waals surface area contributed by atoms with E-state index < -0.39 is 10.9 Å². The molecular weight excluding hydrogens is 362 g/mol. The van der Waals surface area contributed by atoms with Gasteiger partial charge in [0, 0.05) is 11.8 Å². The van der Waals surface area contributed by atoms with Crippen molar-refractivity contribution in [3.05, 3.63) is 58.1 Å². The second-order valence-corrected chi connectivity index (χ2v) is 7.61. The third kappa shape index (κ3) is 4.28. The van der Waals surface area contributed by atoms with Gasteiger partial charge in [0.05, 0.1) is 23.2 Å². The minimum atomic E-state index is -0.574. The van der Waals surface area contributed by atoms with Crippen molar-refractivity contribution in [1.82, 2.24) is 0 Å². The molecular formula is C20H21N3O5. The number of nitrogens with zero attached hydrogens (tertiary/aromatic N) is 2. The van der Waals surface area contributed by atoms with Crippen molar-refractivity contribution in [2.75, 3.05) is 23.3 Å². The summed E-state index contributed by atoms with van der Waals surface area (Å²) in [5, 5.41) is 13.7. The standard InChI is InChI=1S/C20H21N3O5/c1-20(2,3)13-4-6-14(7-5-13)21-18(24)11-22-12-19(25)28-17-10-15(23(26)27)8-9-16(17)22/h4-10H,11-12H2,1-3H3,(H,21,24). The quantitative estimate of drug-likeness (QED) is 0.376.